The first-order valence-electron chi connectivity index (χ1n) is 7.69. The number of carbonyl (C=O) groups is 1. The van der Waals surface area contributed by atoms with Gasteiger partial charge in [0.2, 0.25) is 5.91 Å². The molecule has 0 fully saturated rings. The van der Waals surface area contributed by atoms with Crippen LogP contribution in [0.25, 0.3) is 0 Å². The van der Waals surface area contributed by atoms with Crippen molar-refractivity contribution in [3.63, 3.8) is 0 Å². The van der Waals surface area contributed by atoms with Gasteiger partial charge >= 0.3 is 0 Å². The lowest BCUT2D eigenvalue weighted by atomic mass is 9.86. The Morgan fingerprint density at radius 1 is 1.32 bits per heavy atom. The monoisotopic (exact) mass is 302 g/mol. The van der Waals surface area contributed by atoms with Crippen LogP contribution in [-0.2, 0) is 10.2 Å². The predicted molar refractivity (Wildman–Crippen MR) is 87.2 cm³/mol. The van der Waals surface area contributed by atoms with Gasteiger partial charge in [-0.2, -0.15) is 5.26 Å². The predicted octanol–water partition coefficient (Wildman–Crippen LogP) is 3.22. The zero-order valence-corrected chi connectivity index (χ0v) is 13.9. The third-order valence-electron chi connectivity index (χ3n) is 3.61. The van der Waals surface area contributed by atoms with E-state index in [1.165, 1.54) is 5.56 Å². The Morgan fingerprint density at radius 3 is 2.41 bits per heavy atom. The van der Waals surface area contributed by atoms with Gasteiger partial charge in [0.25, 0.3) is 0 Å². The van der Waals surface area contributed by atoms with Gasteiger partial charge in [-0.25, -0.2) is 0 Å². The first-order valence-corrected chi connectivity index (χ1v) is 7.69. The van der Waals surface area contributed by atoms with Gasteiger partial charge in [-0.15, -0.1) is 0 Å². The quantitative estimate of drug-likeness (QED) is 0.847. The molecule has 0 saturated heterocycles. The van der Waals surface area contributed by atoms with E-state index in [1.807, 2.05) is 30.3 Å². The van der Waals surface area contributed by atoms with Crippen molar-refractivity contribution in [2.75, 3.05) is 0 Å². The van der Waals surface area contributed by atoms with Gasteiger partial charge in [-0.05, 0) is 29.9 Å². The lowest BCUT2D eigenvalue weighted by molar-refractivity contribution is -0.122. The second-order valence-electron chi connectivity index (χ2n) is 6.76. The molecule has 0 aliphatic carbocycles. The Morgan fingerprint density at radius 2 is 1.91 bits per heavy atom. The fourth-order valence-electron chi connectivity index (χ4n) is 2.17. The van der Waals surface area contributed by atoms with Crippen LogP contribution in [0.3, 0.4) is 0 Å². The Bertz CT molecular complexity index is 524. The largest absolute Gasteiger partial charge is 0.388 e. The van der Waals surface area contributed by atoms with Gasteiger partial charge in [0.15, 0.2) is 0 Å². The van der Waals surface area contributed by atoms with E-state index >= 15 is 0 Å². The average molecular weight is 302 g/mol. The molecule has 0 aliphatic heterocycles. The zero-order chi connectivity index (χ0) is 16.8. The van der Waals surface area contributed by atoms with Crippen molar-refractivity contribution in [3.8, 4) is 6.07 Å². The van der Waals surface area contributed by atoms with E-state index in [1.54, 1.807) is 6.92 Å². The third kappa shape index (κ3) is 5.87. The Hall–Kier alpha value is -1.86. The van der Waals surface area contributed by atoms with E-state index in [2.05, 4.69) is 26.1 Å². The minimum absolute atomic E-state index is 0.0836. The molecular weight excluding hydrogens is 276 g/mol. The fourth-order valence-corrected chi connectivity index (χ4v) is 2.17. The molecule has 0 bridgehead atoms. The van der Waals surface area contributed by atoms with Gasteiger partial charge in [0.1, 0.15) is 0 Å². The summed E-state index contributed by atoms with van der Waals surface area (Å²) in [5.74, 6) is -0.131. The van der Waals surface area contributed by atoms with Crippen molar-refractivity contribution >= 4 is 5.91 Å². The second kappa shape index (κ2) is 7.95. The Kier molecular flexibility index (Phi) is 6.58. The van der Waals surface area contributed by atoms with Crippen LogP contribution in [0.1, 0.15) is 64.2 Å². The number of nitrogens with one attached hydrogen (secondary N) is 1. The minimum atomic E-state index is -0.647. The Balaban J connectivity index is 2.50. The topological polar surface area (TPSA) is 73.1 Å². The number of amides is 1. The van der Waals surface area contributed by atoms with Crippen LogP contribution < -0.4 is 5.32 Å². The van der Waals surface area contributed by atoms with E-state index in [-0.39, 0.29) is 23.8 Å². The molecule has 22 heavy (non-hydrogen) atoms. The van der Waals surface area contributed by atoms with Crippen molar-refractivity contribution in [3.05, 3.63) is 35.4 Å². The highest BCUT2D eigenvalue weighted by molar-refractivity contribution is 5.76. The first-order chi connectivity index (χ1) is 10.2. The molecule has 0 aromatic heterocycles. The van der Waals surface area contributed by atoms with Crippen molar-refractivity contribution < 1.29 is 9.90 Å². The molecule has 0 aliphatic rings. The summed E-state index contributed by atoms with van der Waals surface area (Å²) in [4.78, 5) is 11.7. The maximum Gasteiger partial charge on any atom is 0.220 e. The highest BCUT2D eigenvalue weighted by Crippen LogP contribution is 2.25. The van der Waals surface area contributed by atoms with Crippen molar-refractivity contribution in [2.24, 2.45) is 0 Å². The van der Waals surface area contributed by atoms with Crippen molar-refractivity contribution in [1.29, 1.82) is 5.26 Å². The molecule has 1 aromatic carbocycles. The Labute approximate surface area is 133 Å². The summed E-state index contributed by atoms with van der Waals surface area (Å²) in [6.07, 6.45) is 0.270. The minimum Gasteiger partial charge on any atom is -0.388 e. The molecule has 1 rings (SSSR count). The average Bonchev–Trinajstić information content (AvgIpc) is 2.44. The highest BCUT2D eigenvalue weighted by Gasteiger charge is 2.15. The van der Waals surface area contributed by atoms with Crippen LogP contribution >= 0.6 is 0 Å². The van der Waals surface area contributed by atoms with Crippen molar-refractivity contribution in [2.45, 2.75) is 64.5 Å². The summed E-state index contributed by atoms with van der Waals surface area (Å²) in [7, 11) is 0. The van der Waals surface area contributed by atoms with E-state index in [0.29, 0.717) is 12.8 Å². The van der Waals surface area contributed by atoms with Crippen LogP contribution in [0, 0.1) is 11.3 Å². The number of benzene rings is 1. The number of carbonyl (C=O) groups excluding carboxylic acids is 1. The van der Waals surface area contributed by atoms with Gasteiger partial charge in [0, 0.05) is 12.5 Å². The lowest BCUT2D eigenvalue weighted by Crippen LogP contribution is -2.32. The molecule has 4 heteroatoms. The molecule has 2 unspecified atom stereocenters. The van der Waals surface area contributed by atoms with Crippen LogP contribution in [0.2, 0.25) is 0 Å². The third-order valence-corrected chi connectivity index (χ3v) is 3.61. The molecule has 0 radical (unpaired) electrons. The zero-order valence-electron chi connectivity index (χ0n) is 13.9. The SMILES string of the molecule is CC(CC#N)NC(=O)CCC(O)c1ccc(C(C)(C)C)cc1. The molecule has 2 N–H and O–H groups in total. The summed E-state index contributed by atoms with van der Waals surface area (Å²) >= 11 is 0. The lowest BCUT2D eigenvalue weighted by Gasteiger charge is -2.20. The van der Waals surface area contributed by atoms with Gasteiger partial charge in [0.05, 0.1) is 18.6 Å². The molecule has 0 spiro atoms. The summed E-state index contributed by atoms with van der Waals surface area (Å²) in [5.41, 5.74) is 2.12. The number of nitriles is 1. The summed E-state index contributed by atoms with van der Waals surface area (Å²) in [6, 6.07) is 9.74. The van der Waals surface area contributed by atoms with Crippen LogP contribution in [-0.4, -0.2) is 17.1 Å². The molecule has 1 amide bonds. The number of nitrogens with zero attached hydrogens (tertiary/aromatic N) is 1. The number of aliphatic hydroxyl groups excluding tert-OH is 1. The summed E-state index contributed by atoms with van der Waals surface area (Å²) < 4.78 is 0. The maximum absolute atomic E-state index is 11.7. The molecule has 1 aromatic rings. The van der Waals surface area contributed by atoms with Crippen LogP contribution in [0.5, 0.6) is 0 Å². The van der Waals surface area contributed by atoms with Crippen LogP contribution in [0.4, 0.5) is 0 Å². The number of hydrogen-bond donors (Lipinski definition) is 2. The van der Waals surface area contributed by atoms with E-state index in [0.717, 1.165) is 5.56 Å². The summed E-state index contributed by atoms with van der Waals surface area (Å²) in [6.45, 7) is 8.23. The number of hydrogen-bond acceptors (Lipinski definition) is 3. The van der Waals surface area contributed by atoms with Crippen molar-refractivity contribution in [1.82, 2.24) is 5.32 Å². The van der Waals surface area contributed by atoms with E-state index < -0.39 is 6.10 Å². The van der Waals surface area contributed by atoms with Crippen LogP contribution in [0.15, 0.2) is 24.3 Å². The number of rotatable bonds is 6. The number of aliphatic hydroxyl groups is 1. The standard InChI is InChI=1S/C18H26N2O2/c1-13(11-12-19)20-17(22)10-9-16(21)14-5-7-15(8-6-14)18(2,3)4/h5-8,13,16,21H,9-11H2,1-4H3,(H,20,22). The maximum atomic E-state index is 11.7. The fraction of sp³-hybridized carbons (Fsp3) is 0.556. The molecule has 120 valence electrons. The van der Waals surface area contributed by atoms with E-state index in [4.69, 9.17) is 5.26 Å². The first kappa shape index (κ1) is 18.2. The molecule has 0 heterocycles. The highest BCUT2D eigenvalue weighted by atomic mass is 16.3. The summed E-state index contributed by atoms with van der Waals surface area (Å²) in [5, 5.41) is 21.5. The second-order valence-corrected chi connectivity index (χ2v) is 6.76. The molecule has 2 atom stereocenters. The molecule has 0 saturated carbocycles. The molecule has 4 nitrogen and oxygen atoms in total. The smallest absolute Gasteiger partial charge is 0.220 e. The normalized spacial score (nSPS) is 14.0. The van der Waals surface area contributed by atoms with Gasteiger partial charge < -0.3 is 10.4 Å². The van der Waals surface area contributed by atoms with Gasteiger partial charge in [-0.1, -0.05) is 45.0 Å². The van der Waals surface area contributed by atoms with Gasteiger partial charge in [-0.3, -0.25) is 4.79 Å². The molecular formula is C18H26N2O2. The van der Waals surface area contributed by atoms with E-state index in [9.17, 15) is 9.90 Å².